The first-order valence-corrected chi connectivity index (χ1v) is 9.21. The molecular weight excluding hydrogens is 340 g/mol. The van der Waals surface area contributed by atoms with Crippen LogP contribution in [0.15, 0.2) is 53.7 Å². The summed E-state index contributed by atoms with van der Waals surface area (Å²) in [5.74, 6) is 2.40. The molecule has 0 atom stereocenters. The molecule has 140 valence electrons. The molecule has 0 saturated heterocycles. The molecule has 0 bridgehead atoms. The predicted octanol–water partition coefficient (Wildman–Crippen LogP) is 3.19. The fourth-order valence-corrected chi connectivity index (χ4v) is 3.28. The molecule has 2 heterocycles. The summed E-state index contributed by atoms with van der Waals surface area (Å²) >= 11 is 0. The van der Waals surface area contributed by atoms with E-state index >= 15 is 0 Å². The van der Waals surface area contributed by atoms with Gasteiger partial charge in [-0.25, -0.2) is 0 Å². The maximum Gasteiger partial charge on any atom is 0.231 e. The van der Waals surface area contributed by atoms with Crippen molar-refractivity contribution in [3.05, 3.63) is 59.8 Å². The zero-order chi connectivity index (χ0) is 18.5. The third-order valence-electron chi connectivity index (χ3n) is 4.71. The Labute approximate surface area is 158 Å². The summed E-state index contributed by atoms with van der Waals surface area (Å²) in [5, 5.41) is 8.02. The van der Waals surface area contributed by atoms with Gasteiger partial charge < -0.3 is 25.1 Å². The van der Waals surface area contributed by atoms with E-state index < -0.39 is 0 Å². The molecule has 27 heavy (non-hydrogen) atoms. The molecular formula is C21H24N4O2. The van der Waals surface area contributed by atoms with Gasteiger partial charge in [0.1, 0.15) is 0 Å². The molecule has 0 amide bonds. The summed E-state index contributed by atoms with van der Waals surface area (Å²) < 4.78 is 10.8. The van der Waals surface area contributed by atoms with Crippen molar-refractivity contribution >= 4 is 16.9 Å². The zero-order valence-corrected chi connectivity index (χ0v) is 15.4. The van der Waals surface area contributed by atoms with E-state index in [4.69, 9.17) is 9.47 Å². The summed E-state index contributed by atoms with van der Waals surface area (Å²) in [6.07, 6.45) is 4.17. The number of aryl methyl sites for hydroxylation is 1. The van der Waals surface area contributed by atoms with Gasteiger partial charge >= 0.3 is 0 Å². The monoisotopic (exact) mass is 364 g/mol. The Morgan fingerprint density at radius 1 is 1.11 bits per heavy atom. The van der Waals surface area contributed by atoms with E-state index in [1.54, 1.807) is 7.05 Å². The summed E-state index contributed by atoms with van der Waals surface area (Å²) in [6, 6.07) is 14.4. The number of fused-ring (bicyclic) bond motifs is 2. The van der Waals surface area contributed by atoms with Crippen LogP contribution in [0.25, 0.3) is 10.9 Å². The standard InChI is InChI=1S/C21H24N4O2/c1-22-21(25-12-15-8-9-19-20(11-15)27-14-26-19)23-10-4-5-16-13-24-18-7-3-2-6-17(16)18/h2-3,6-9,11,13,24H,4-5,10,12,14H2,1H3,(H2,22,23,25). The number of rotatable bonds is 6. The molecule has 0 unspecified atom stereocenters. The lowest BCUT2D eigenvalue weighted by atomic mass is 10.1. The number of guanidine groups is 1. The maximum atomic E-state index is 5.42. The van der Waals surface area contributed by atoms with Gasteiger partial charge in [0.25, 0.3) is 0 Å². The van der Waals surface area contributed by atoms with Crippen molar-refractivity contribution in [1.82, 2.24) is 15.6 Å². The molecule has 2 aromatic carbocycles. The van der Waals surface area contributed by atoms with Crippen LogP contribution in [0, 0.1) is 0 Å². The predicted molar refractivity (Wildman–Crippen MR) is 107 cm³/mol. The average molecular weight is 364 g/mol. The maximum absolute atomic E-state index is 5.42. The van der Waals surface area contributed by atoms with Crippen molar-refractivity contribution in [2.24, 2.45) is 4.99 Å². The molecule has 1 aromatic heterocycles. The number of nitrogens with one attached hydrogen (secondary N) is 3. The lowest BCUT2D eigenvalue weighted by molar-refractivity contribution is 0.174. The summed E-state index contributed by atoms with van der Waals surface area (Å²) in [6.45, 7) is 1.84. The van der Waals surface area contributed by atoms with E-state index in [0.717, 1.165) is 42.4 Å². The minimum Gasteiger partial charge on any atom is -0.454 e. The van der Waals surface area contributed by atoms with Gasteiger partial charge in [-0.05, 0) is 42.2 Å². The Balaban J connectivity index is 1.23. The Bertz CT molecular complexity index is 948. The van der Waals surface area contributed by atoms with E-state index in [-0.39, 0.29) is 0 Å². The van der Waals surface area contributed by atoms with Crippen LogP contribution < -0.4 is 20.1 Å². The Kier molecular flexibility index (Phi) is 5.14. The summed E-state index contributed by atoms with van der Waals surface area (Å²) in [7, 11) is 1.79. The smallest absolute Gasteiger partial charge is 0.231 e. The van der Waals surface area contributed by atoms with Crippen LogP contribution in [0.1, 0.15) is 17.5 Å². The zero-order valence-electron chi connectivity index (χ0n) is 15.4. The van der Waals surface area contributed by atoms with Crippen LogP contribution in [0.2, 0.25) is 0 Å². The lowest BCUT2D eigenvalue weighted by Gasteiger charge is -2.12. The Morgan fingerprint density at radius 2 is 2.00 bits per heavy atom. The van der Waals surface area contributed by atoms with E-state index in [1.807, 2.05) is 18.2 Å². The highest BCUT2D eigenvalue weighted by Crippen LogP contribution is 2.32. The van der Waals surface area contributed by atoms with Crippen molar-refractivity contribution in [2.75, 3.05) is 20.4 Å². The molecule has 0 radical (unpaired) electrons. The van der Waals surface area contributed by atoms with Crippen LogP contribution in [-0.4, -0.2) is 31.3 Å². The quantitative estimate of drug-likeness (QED) is 0.357. The number of aromatic nitrogens is 1. The number of H-pyrrole nitrogens is 1. The highest BCUT2D eigenvalue weighted by Gasteiger charge is 2.13. The van der Waals surface area contributed by atoms with Crippen molar-refractivity contribution < 1.29 is 9.47 Å². The number of ether oxygens (including phenoxy) is 2. The summed E-state index contributed by atoms with van der Waals surface area (Å²) in [4.78, 5) is 7.62. The van der Waals surface area contributed by atoms with Gasteiger partial charge in [0.15, 0.2) is 17.5 Å². The second kappa shape index (κ2) is 8.03. The minimum absolute atomic E-state index is 0.297. The molecule has 3 aromatic rings. The number of aromatic amines is 1. The van der Waals surface area contributed by atoms with Crippen molar-refractivity contribution in [2.45, 2.75) is 19.4 Å². The molecule has 1 aliphatic rings. The fourth-order valence-electron chi connectivity index (χ4n) is 3.28. The Morgan fingerprint density at radius 3 is 2.93 bits per heavy atom. The van der Waals surface area contributed by atoms with Gasteiger partial charge in [0, 0.05) is 37.2 Å². The minimum atomic E-state index is 0.297. The van der Waals surface area contributed by atoms with Crippen molar-refractivity contribution in [1.29, 1.82) is 0 Å². The van der Waals surface area contributed by atoms with Gasteiger partial charge in [0.2, 0.25) is 6.79 Å². The number of para-hydroxylation sites is 1. The first-order chi connectivity index (χ1) is 13.3. The van der Waals surface area contributed by atoms with Gasteiger partial charge in [-0.1, -0.05) is 24.3 Å². The largest absolute Gasteiger partial charge is 0.454 e. The van der Waals surface area contributed by atoms with E-state index in [0.29, 0.717) is 13.3 Å². The van der Waals surface area contributed by atoms with Crippen LogP contribution in [0.4, 0.5) is 0 Å². The number of nitrogens with zero attached hydrogens (tertiary/aromatic N) is 1. The molecule has 0 spiro atoms. The first kappa shape index (κ1) is 17.3. The van der Waals surface area contributed by atoms with E-state index in [9.17, 15) is 0 Å². The van der Waals surface area contributed by atoms with Crippen LogP contribution >= 0.6 is 0 Å². The molecule has 6 nitrogen and oxygen atoms in total. The van der Waals surface area contributed by atoms with Gasteiger partial charge in [0.05, 0.1) is 0 Å². The Hall–Kier alpha value is -3.15. The van der Waals surface area contributed by atoms with Gasteiger partial charge in [-0.2, -0.15) is 0 Å². The number of hydrogen-bond donors (Lipinski definition) is 3. The molecule has 0 fully saturated rings. The van der Waals surface area contributed by atoms with E-state index in [2.05, 4.69) is 51.1 Å². The second-order valence-corrected chi connectivity index (χ2v) is 6.50. The van der Waals surface area contributed by atoms with Gasteiger partial charge in [-0.15, -0.1) is 0 Å². The highest BCUT2D eigenvalue weighted by atomic mass is 16.7. The summed E-state index contributed by atoms with van der Waals surface area (Å²) in [5.41, 5.74) is 3.68. The van der Waals surface area contributed by atoms with Crippen molar-refractivity contribution in [3.8, 4) is 11.5 Å². The molecule has 6 heteroatoms. The second-order valence-electron chi connectivity index (χ2n) is 6.50. The van der Waals surface area contributed by atoms with Crippen LogP contribution in [0.5, 0.6) is 11.5 Å². The van der Waals surface area contributed by atoms with E-state index in [1.165, 1.54) is 16.5 Å². The molecule has 1 aliphatic heterocycles. The molecule has 0 aliphatic carbocycles. The number of hydrogen-bond acceptors (Lipinski definition) is 3. The molecule has 0 saturated carbocycles. The van der Waals surface area contributed by atoms with Crippen molar-refractivity contribution in [3.63, 3.8) is 0 Å². The van der Waals surface area contributed by atoms with Crippen LogP contribution in [-0.2, 0) is 13.0 Å². The number of benzene rings is 2. The lowest BCUT2D eigenvalue weighted by Crippen LogP contribution is -2.37. The normalized spacial score (nSPS) is 13.1. The van der Waals surface area contributed by atoms with Crippen LogP contribution in [0.3, 0.4) is 0 Å². The SMILES string of the molecule is CN=C(NCCCc1c[nH]c2ccccc12)NCc1ccc2c(c1)OCO2. The average Bonchev–Trinajstić information content (AvgIpc) is 3.34. The number of aliphatic imine (C=N–C) groups is 1. The molecule has 4 rings (SSSR count). The highest BCUT2D eigenvalue weighted by molar-refractivity contribution is 5.83. The first-order valence-electron chi connectivity index (χ1n) is 9.21. The third kappa shape index (κ3) is 4.00. The van der Waals surface area contributed by atoms with Gasteiger partial charge in [-0.3, -0.25) is 4.99 Å². The third-order valence-corrected chi connectivity index (χ3v) is 4.71. The fraction of sp³-hybridized carbons (Fsp3) is 0.286. The molecule has 3 N–H and O–H groups in total. The topological polar surface area (TPSA) is 70.7 Å².